The lowest BCUT2D eigenvalue weighted by molar-refractivity contribution is 0.0783. The Kier molecular flexibility index (Phi) is 5.14. The quantitative estimate of drug-likeness (QED) is 0.656. The first-order valence-electron chi connectivity index (χ1n) is 9.30. The van der Waals surface area contributed by atoms with E-state index in [4.69, 9.17) is 4.74 Å². The van der Waals surface area contributed by atoms with Gasteiger partial charge in [0.05, 0.1) is 30.3 Å². The summed E-state index contributed by atoms with van der Waals surface area (Å²) in [4.78, 5) is 31.6. The summed E-state index contributed by atoms with van der Waals surface area (Å²) in [6.45, 7) is 1.38. The number of fused-ring (bicyclic) bond motifs is 1. The van der Waals surface area contributed by atoms with Gasteiger partial charge >= 0.3 is 5.69 Å². The zero-order chi connectivity index (χ0) is 20.5. The van der Waals surface area contributed by atoms with Crippen LogP contribution in [0.25, 0.3) is 11.2 Å². The molecule has 29 heavy (non-hydrogen) atoms. The molecule has 1 fully saturated rings. The number of ether oxygens (including phenoxy) is 1. The van der Waals surface area contributed by atoms with Gasteiger partial charge in [-0.1, -0.05) is 0 Å². The number of pyridine rings is 1. The average Bonchev–Trinajstić information content (AvgIpc) is 3.28. The van der Waals surface area contributed by atoms with Gasteiger partial charge in [0.1, 0.15) is 11.6 Å². The van der Waals surface area contributed by atoms with Crippen LogP contribution in [0.3, 0.4) is 0 Å². The van der Waals surface area contributed by atoms with Gasteiger partial charge in [0.2, 0.25) is 0 Å². The van der Waals surface area contributed by atoms with Crippen molar-refractivity contribution in [2.24, 2.45) is 0 Å². The van der Waals surface area contributed by atoms with Crippen molar-refractivity contribution >= 4 is 17.1 Å². The Morgan fingerprint density at radius 1 is 1.31 bits per heavy atom. The molecule has 3 aromatic rings. The predicted octanol–water partition coefficient (Wildman–Crippen LogP) is 2.21. The fourth-order valence-electron chi connectivity index (χ4n) is 3.81. The molecule has 1 amide bonds. The van der Waals surface area contributed by atoms with Gasteiger partial charge < -0.3 is 9.64 Å². The standard InChI is InChI=1S/C20H20F2N4O3/c1-29-10-9-25-17-3-2-7-23-18(17)26(20(25)28)14-6-8-24(12-14)19(27)15-5-4-13(21)11-16(15)22/h2-5,7,11,14H,6,8-10,12H2,1H3/t14-/m1/s1. The second-order valence-corrected chi connectivity index (χ2v) is 6.96. The van der Waals surface area contributed by atoms with E-state index in [1.807, 2.05) is 6.07 Å². The molecule has 152 valence electrons. The molecule has 4 rings (SSSR count). The molecular formula is C20H20F2N4O3. The van der Waals surface area contributed by atoms with Crippen LogP contribution in [-0.4, -0.2) is 51.7 Å². The highest BCUT2D eigenvalue weighted by Crippen LogP contribution is 2.26. The van der Waals surface area contributed by atoms with Crippen molar-refractivity contribution in [3.05, 3.63) is 64.2 Å². The number of hydrogen-bond donors (Lipinski definition) is 0. The van der Waals surface area contributed by atoms with Crippen molar-refractivity contribution in [2.45, 2.75) is 19.0 Å². The zero-order valence-corrected chi connectivity index (χ0v) is 15.8. The molecule has 7 nitrogen and oxygen atoms in total. The van der Waals surface area contributed by atoms with Gasteiger partial charge in [-0.3, -0.25) is 13.9 Å². The molecule has 0 N–H and O–H groups in total. The van der Waals surface area contributed by atoms with E-state index < -0.39 is 17.5 Å². The second-order valence-electron chi connectivity index (χ2n) is 6.96. The Bertz CT molecular complexity index is 1120. The molecule has 0 radical (unpaired) electrons. The van der Waals surface area contributed by atoms with Crippen LogP contribution in [-0.2, 0) is 11.3 Å². The van der Waals surface area contributed by atoms with Gasteiger partial charge in [0.15, 0.2) is 5.65 Å². The Morgan fingerprint density at radius 2 is 2.14 bits per heavy atom. The van der Waals surface area contributed by atoms with Crippen molar-refractivity contribution in [2.75, 3.05) is 26.8 Å². The molecule has 9 heteroatoms. The van der Waals surface area contributed by atoms with E-state index >= 15 is 0 Å². The molecule has 0 unspecified atom stereocenters. The van der Waals surface area contributed by atoms with Gasteiger partial charge in [0, 0.05) is 32.5 Å². The van der Waals surface area contributed by atoms with Gasteiger partial charge in [-0.15, -0.1) is 0 Å². The van der Waals surface area contributed by atoms with E-state index in [0.717, 1.165) is 12.1 Å². The lowest BCUT2D eigenvalue weighted by atomic mass is 10.2. The summed E-state index contributed by atoms with van der Waals surface area (Å²) >= 11 is 0. The molecule has 3 heterocycles. The maximum Gasteiger partial charge on any atom is 0.330 e. The van der Waals surface area contributed by atoms with E-state index in [1.165, 1.54) is 4.90 Å². The SMILES string of the molecule is COCCn1c(=O)n([C@@H]2CCN(C(=O)c3ccc(F)cc3F)C2)c2ncccc21. The number of likely N-dealkylation sites (tertiary alicyclic amines) is 1. The Morgan fingerprint density at radius 3 is 2.90 bits per heavy atom. The minimum Gasteiger partial charge on any atom is -0.383 e. The summed E-state index contributed by atoms with van der Waals surface area (Å²) in [6.07, 6.45) is 2.15. The lowest BCUT2D eigenvalue weighted by Crippen LogP contribution is -2.33. The third-order valence-electron chi connectivity index (χ3n) is 5.22. The Balaban J connectivity index is 1.64. The number of carbonyl (C=O) groups is 1. The van der Waals surface area contributed by atoms with Gasteiger partial charge in [-0.05, 0) is 30.7 Å². The maximum absolute atomic E-state index is 14.0. The number of nitrogens with zero attached hydrogens (tertiary/aromatic N) is 4. The summed E-state index contributed by atoms with van der Waals surface area (Å²) in [7, 11) is 1.57. The fraction of sp³-hybridized carbons (Fsp3) is 0.350. The maximum atomic E-state index is 14.0. The number of hydrogen-bond acceptors (Lipinski definition) is 4. The van der Waals surface area contributed by atoms with Crippen molar-refractivity contribution in [1.29, 1.82) is 0 Å². The number of halogens is 2. The van der Waals surface area contributed by atoms with Crippen LogP contribution in [0, 0.1) is 11.6 Å². The van der Waals surface area contributed by atoms with Crippen molar-refractivity contribution < 1.29 is 18.3 Å². The third kappa shape index (κ3) is 3.42. The van der Waals surface area contributed by atoms with E-state index in [0.29, 0.717) is 43.3 Å². The van der Waals surface area contributed by atoms with E-state index in [9.17, 15) is 18.4 Å². The number of rotatable bonds is 5. The molecule has 1 aliphatic heterocycles. The summed E-state index contributed by atoms with van der Waals surface area (Å²) in [5.74, 6) is -2.15. The number of methoxy groups -OCH3 is 1. The van der Waals surface area contributed by atoms with Crippen LogP contribution in [0.4, 0.5) is 8.78 Å². The first kappa shape index (κ1) is 19.3. The van der Waals surface area contributed by atoms with Crippen LogP contribution in [0.2, 0.25) is 0 Å². The normalized spacial score (nSPS) is 16.7. The molecule has 0 spiro atoms. The number of benzene rings is 1. The number of carbonyl (C=O) groups excluding carboxylic acids is 1. The zero-order valence-electron chi connectivity index (χ0n) is 15.8. The molecular weight excluding hydrogens is 382 g/mol. The topological polar surface area (TPSA) is 69.4 Å². The first-order chi connectivity index (χ1) is 14.0. The van der Waals surface area contributed by atoms with Crippen LogP contribution < -0.4 is 5.69 Å². The highest BCUT2D eigenvalue weighted by molar-refractivity contribution is 5.94. The van der Waals surface area contributed by atoms with Gasteiger partial charge in [-0.2, -0.15) is 0 Å². The van der Waals surface area contributed by atoms with Crippen molar-refractivity contribution in [3.63, 3.8) is 0 Å². The number of aromatic nitrogens is 3. The summed E-state index contributed by atoms with van der Waals surface area (Å²) in [5, 5.41) is 0. The number of imidazole rings is 1. The fourth-order valence-corrected chi connectivity index (χ4v) is 3.81. The highest BCUT2D eigenvalue weighted by Gasteiger charge is 2.32. The van der Waals surface area contributed by atoms with Crippen LogP contribution in [0.1, 0.15) is 22.8 Å². The molecule has 0 bridgehead atoms. The summed E-state index contributed by atoms with van der Waals surface area (Å²) in [5.41, 5.74) is 0.841. The second kappa shape index (κ2) is 7.75. The molecule has 1 atom stereocenters. The van der Waals surface area contributed by atoms with Crippen LogP contribution in [0.15, 0.2) is 41.3 Å². The van der Waals surface area contributed by atoms with Crippen molar-refractivity contribution in [3.8, 4) is 0 Å². The first-order valence-corrected chi connectivity index (χ1v) is 9.30. The highest BCUT2D eigenvalue weighted by atomic mass is 19.1. The van der Waals surface area contributed by atoms with Crippen LogP contribution in [0.5, 0.6) is 0 Å². The monoisotopic (exact) mass is 402 g/mol. The Hall–Kier alpha value is -3.07. The van der Waals surface area contributed by atoms with Crippen molar-refractivity contribution in [1.82, 2.24) is 19.0 Å². The van der Waals surface area contributed by atoms with Gasteiger partial charge in [0.25, 0.3) is 5.91 Å². The summed E-state index contributed by atoms with van der Waals surface area (Å²) < 4.78 is 35.4. The minimum absolute atomic E-state index is 0.181. The average molecular weight is 402 g/mol. The molecule has 1 aromatic carbocycles. The molecule has 2 aromatic heterocycles. The lowest BCUT2D eigenvalue weighted by Gasteiger charge is -2.17. The van der Waals surface area contributed by atoms with Gasteiger partial charge in [-0.25, -0.2) is 18.6 Å². The molecule has 0 aliphatic carbocycles. The molecule has 1 aliphatic rings. The number of amides is 1. The largest absolute Gasteiger partial charge is 0.383 e. The molecule has 0 saturated carbocycles. The summed E-state index contributed by atoms with van der Waals surface area (Å²) in [6, 6.07) is 6.19. The molecule has 1 saturated heterocycles. The van der Waals surface area contributed by atoms with Crippen LogP contribution >= 0.6 is 0 Å². The minimum atomic E-state index is -0.895. The Labute approximate surface area is 165 Å². The van der Waals surface area contributed by atoms with E-state index in [2.05, 4.69) is 4.98 Å². The third-order valence-corrected chi connectivity index (χ3v) is 5.22. The van der Waals surface area contributed by atoms with E-state index in [-0.39, 0.29) is 23.8 Å². The van der Waals surface area contributed by atoms with E-state index in [1.54, 1.807) is 28.5 Å². The predicted molar refractivity (Wildman–Crippen MR) is 102 cm³/mol. The smallest absolute Gasteiger partial charge is 0.330 e.